The molecule has 0 amide bonds. The Morgan fingerprint density at radius 1 is 0.720 bits per heavy atom. The normalized spacial score (nSPS) is 12.5. The molecule has 4 aliphatic rings. The van der Waals surface area contributed by atoms with Crippen LogP contribution in [-0.4, -0.2) is 19.9 Å². The monoisotopic (exact) mass is 322 g/mol. The van der Waals surface area contributed by atoms with Crippen molar-refractivity contribution in [3.8, 4) is 11.3 Å². The number of aromatic nitrogens is 4. The first kappa shape index (κ1) is 13.9. The first-order valence-electron chi connectivity index (χ1n) is 8.13. The molecule has 5 rings (SSSR count). The van der Waals surface area contributed by atoms with E-state index < -0.39 is 0 Å². The number of H-pyrrole nitrogens is 1. The van der Waals surface area contributed by atoms with Crippen LogP contribution in [0.25, 0.3) is 46.5 Å². The van der Waals surface area contributed by atoms with E-state index in [2.05, 4.69) is 44.2 Å². The molecule has 4 aliphatic heterocycles. The average Bonchev–Trinajstić information content (AvgIpc) is 3.26. The molecule has 1 N–H and O–H groups in total. The van der Waals surface area contributed by atoms with Crippen molar-refractivity contribution >= 4 is 35.2 Å². The number of nitrogens with one attached hydrogen (secondary N) is 1. The summed E-state index contributed by atoms with van der Waals surface area (Å²) in [6.07, 6.45) is 11.8. The minimum absolute atomic E-state index is 0.897. The van der Waals surface area contributed by atoms with E-state index in [1.165, 1.54) is 0 Å². The van der Waals surface area contributed by atoms with E-state index in [0.29, 0.717) is 0 Å². The van der Waals surface area contributed by atoms with Gasteiger partial charge in [-0.2, -0.15) is 0 Å². The molecule has 118 valence electrons. The average molecular weight is 322 g/mol. The lowest BCUT2D eigenvalue weighted by Crippen LogP contribution is -1.87. The predicted molar refractivity (Wildman–Crippen MR) is 101 cm³/mol. The van der Waals surface area contributed by atoms with Crippen LogP contribution >= 0.6 is 0 Å². The molecule has 4 nitrogen and oxygen atoms in total. The molecule has 4 bridgehead atoms. The Morgan fingerprint density at radius 3 is 2.24 bits per heavy atom. The van der Waals surface area contributed by atoms with Gasteiger partial charge in [-0.05, 0) is 54.6 Å². The van der Waals surface area contributed by atoms with Gasteiger partial charge in [-0.1, -0.05) is 12.1 Å². The van der Waals surface area contributed by atoms with E-state index in [1.807, 2.05) is 54.9 Å². The number of pyridine rings is 2. The third-order valence-electron chi connectivity index (χ3n) is 4.23. The van der Waals surface area contributed by atoms with Gasteiger partial charge in [0.1, 0.15) is 0 Å². The summed E-state index contributed by atoms with van der Waals surface area (Å²) < 4.78 is 0. The van der Waals surface area contributed by atoms with Gasteiger partial charge in [-0.3, -0.25) is 4.98 Å². The third-order valence-corrected chi connectivity index (χ3v) is 4.23. The molecule has 0 atom stereocenters. The lowest BCUT2D eigenvalue weighted by atomic mass is 10.1. The summed E-state index contributed by atoms with van der Waals surface area (Å²) in [5, 5.41) is 1.03. The number of rotatable bonds is 0. The van der Waals surface area contributed by atoms with E-state index in [1.54, 1.807) is 0 Å². The molecule has 4 heteroatoms. The zero-order valence-electron chi connectivity index (χ0n) is 13.3. The van der Waals surface area contributed by atoms with Crippen molar-refractivity contribution in [3.63, 3.8) is 0 Å². The maximum Gasteiger partial charge on any atom is 0.0943 e. The van der Waals surface area contributed by atoms with E-state index in [9.17, 15) is 0 Å². The lowest BCUT2D eigenvalue weighted by Gasteiger charge is -2.05. The SMILES string of the molecule is C1=Cc2cc3nc(cc4cccnc4c4[nH]cccc-4cc1n2)C=C3. The molecule has 0 spiro atoms. The van der Waals surface area contributed by atoms with Crippen LogP contribution < -0.4 is 0 Å². The van der Waals surface area contributed by atoms with Crippen molar-refractivity contribution in [1.82, 2.24) is 19.9 Å². The Balaban J connectivity index is 1.98. The van der Waals surface area contributed by atoms with Gasteiger partial charge in [-0.25, -0.2) is 9.97 Å². The zero-order valence-corrected chi connectivity index (χ0v) is 13.3. The fourth-order valence-corrected chi connectivity index (χ4v) is 3.10. The van der Waals surface area contributed by atoms with Crippen LogP contribution in [0.1, 0.15) is 22.8 Å². The van der Waals surface area contributed by atoms with Gasteiger partial charge in [0, 0.05) is 23.3 Å². The van der Waals surface area contributed by atoms with Crippen LogP contribution in [0.4, 0.5) is 0 Å². The standard InChI is InChI=1S/C21H14N4/c1-3-14-11-16-5-7-18(24-16)13-19-8-6-17(25-19)12-15-4-2-10-23-21(15)20(14)22-9-1/h1-13,22H. The summed E-state index contributed by atoms with van der Waals surface area (Å²) in [4.78, 5) is 17.3. The maximum atomic E-state index is 4.67. The molecule has 0 saturated heterocycles. The third kappa shape index (κ3) is 2.54. The maximum absolute atomic E-state index is 4.67. The van der Waals surface area contributed by atoms with Gasteiger partial charge >= 0.3 is 0 Å². The molecule has 1 aromatic rings. The highest BCUT2D eigenvalue weighted by Gasteiger charge is 2.08. The topological polar surface area (TPSA) is 54.5 Å². The van der Waals surface area contributed by atoms with E-state index in [4.69, 9.17) is 0 Å². The summed E-state index contributed by atoms with van der Waals surface area (Å²) in [7, 11) is 0. The van der Waals surface area contributed by atoms with Gasteiger partial charge in [0.05, 0.1) is 34.0 Å². The molecular formula is C21H14N4. The molecule has 0 aliphatic carbocycles. The number of hydrogen-bond donors (Lipinski definition) is 1. The number of hydrogen-bond acceptors (Lipinski definition) is 3. The second-order valence-electron chi connectivity index (χ2n) is 5.96. The molecule has 0 aromatic carbocycles. The Bertz CT molecular complexity index is 1150. The van der Waals surface area contributed by atoms with Crippen LogP contribution in [0.5, 0.6) is 0 Å². The first-order chi connectivity index (χ1) is 12.3. The van der Waals surface area contributed by atoms with Gasteiger partial charge in [-0.15, -0.1) is 0 Å². The van der Waals surface area contributed by atoms with Crippen LogP contribution in [-0.2, 0) is 0 Å². The zero-order chi connectivity index (χ0) is 16.6. The lowest BCUT2D eigenvalue weighted by molar-refractivity contribution is 1.27. The molecule has 0 unspecified atom stereocenters. The molecular weight excluding hydrogens is 308 g/mol. The van der Waals surface area contributed by atoms with Crippen molar-refractivity contribution in [3.05, 3.63) is 77.6 Å². The van der Waals surface area contributed by atoms with Gasteiger partial charge in [0.25, 0.3) is 0 Å². The second-order valence-corrected chi connectivity index (χ2v) is 5.96. The minimum atomic E-state index is 0.897. The summed E-state index contributed by atoms with van der Waals surface area (Å²) in [6.45, 7) is 0. The number of fused-ring (bicyclic) bond motifs is 7. The Morgan fingerprint density at radius 2 is 1.44 bits per heavy atom. The number of nitrogens with zero attached hydrogens (tertiary/aromatic N) is 3. The van der Waals surface area contributed by atoms with Gasteiger partial charge < -0.3 is 4.98 Å². The van der Waals surface area contributed by atoms with E-state index >= 15 is 0 Å². The number of aromatic amines is 1. The van der Waals surface area contributed by atoms with Crippen LogP contribution in [0.3, 0.4) is 0 Å². The highest BCUT2D eigenvalue weighted by atomic mass is 14.8. The molecule has 5 heterocycles. The van der Waals surface area contributed by atoms with Crippen molar-refractivity contribution < 1.29 is 0 Å². The van der Waals surface area contributed by atoms with Crippen LogP contribution in [0.2, 0.25) is 0 Å². The van der Waals surface area contributed by atoms with Crippen molar-refractivity contribution in [1.29, 1.82) is 0 Å². The second kappa shape index (κ2) is 5.53. The Hall–Kier alpha value is -3.53. The molecule has 25 heavy (non-hydrogen) atoms. The van der Waals surface area contributed by atoms with E-state index in [0.717, 1.165) is 44.9 Å². The largest absolute Gasteiger partial charge is 0.359 e. The quantitative estimate of drug-likeness (QED) is 0.450. The summed E-state index contributed by atoms with van der Waals surface area (Å²) in [5.41, 5.74) is 6.56. The molecule has 0 saturated carbocycles. The predicted octanol–water partition coefficient (Wildman–Crippen LogP) is 4.67. The first-order valence-corrected chi connectivity index (χ1v) is 8.13. The summed E-state index contributed by atoms with van der Waals surface area (Å²) in [6, 6.07) is 14.2. The van der Waals surface area contributed by atoms with Gasteiger partial charge in [0.2, 0.25) is 0 Å². The molecule has 1 aromatic heterocycles. The van der Waals surface area contributed by atoms with Crippen molar-refractivity contribution in [2.75, 3.05) is 0 Å². The van der Waals surface area contributed by atoms with Crippen LogP contribution in [0, 0.1) is 0 Å². The van der Waals surface area contributed by atoms with Crippen molar-refractivity contribution in [2.45, 2.75) is 0 Å². The fourth-order valence-electron chi connectivity index (χ4n) is 3.10. The minimum Gasteiger partial charge on any atom is -0.359 e. The molecule has 0 fully saturated rings. The Kier molecular flexibility index (Phi) is 3.07. The summed E-state index contributed by atoms with van der Waals surface area (Å²) >= 11 is 0. The summed E-state index contributed by atoms with van der Waals surface area (Å²) in [5.74, 6) is 0. The Labute approximate surface area is 144 Å². The highest BCUT2D eigenvalue weighted by Crippen LogP contribution is 2.26. The van der Waals surface area contributed by atoms with Crippen molar-refractivity contribution in [2.24, 2.45) is 0 Å². The molecule has 0 radical (unpaired) electrons. The van der Waals surface area contributed by atoms with Crippen LogP contribution in [0.15, 0.2) is 54.9 Å². The van der Waals surface area contributed by atoms with Gasteiger partial charge in [0.15, 0.2) is 0 Å². The fraction of sp³-hybridized carbons (Fsp3) is 0. The highest BCUT2D eigenvalue weighted by molar-refractivity contribution is 5.92. The smallest absolute Gasteiger partial charge is 0.0943 e. The van der Waals surface area contributed by atoms with E-state index in [-0.39, 0.29) is 0 Å².